The van der Waals surface area contributed by atoms with Gasteiger partial charge < -0.3 is 14.4 Å². The van der Waals surface area contributed by atoms with Crippen LogP contribution in [0, 0.1) is 25.0 Å². The molecule has 0 saturated heterocycles. The molecule has 6 heteroatoms. The number of aromatic nitrogens is 3. The van der Waals surface area contributed by atoms with E-state index in [4.69, 9.17) is 9.40 Å². The van der Waals surface area contributed by atoms with Crippen molar-refractivity contribution >= 4 is 35.3 Å². The zero-order valence-electron chi connectivity index (χ0n) is 30.4. The molecule has 0 spiro atoms. The fourth-order valence-electron chi connectivity index (χ4n) is 5.86. The molecule has 0 aliphatic carbocycles. The van der Waals surface area contributed by atoms with Crippen LogP contribution in [-0.2, 0) is 31.9 Å². The number of nitrogens with zero attached hydrogens (tertiary/aromatic N) is 3. The average Bonchev–Trinajstić information content (AvgIpc) is 3.38. The molecule has 6 rings (SSSR count). The molecular formula is C42H49IrN3OSi-2. The second-order valence-electron chi connectivity index (χ2n) is 15.4. The Hall–Kier alpha value is -3.44. The summed E-state index contributed by atoms with van der Waals surface area (Å²) in [6.07, 6.45) is 5.10. The van der Waals surface area contributed by atoms with Crippen LogP contribution < -0.4 is 5.19 Å². The Morgan fingerprint density at radius 1 is 0.833 bits per heavy atom. The molecular weight excluding hydrogens is 783 g/mol. The van der Waals surface area contributed by atoms with E-state index < -0.39 is 8.07 Å². The molecule has 2 aromatic carbocycles. The fraction of sp³-hybridized carbons (Fsp3) is 0.357. The van der Waals surface area contributed by atoms with Gasteiger partial charge in [-0.05, 0) is 65.4 Å². The van der Waals surface area contributed by atoms with Crippen LogP contribution in [0.2, 0.25) is 19.6 Å². The molecule has 4 aromatic heterocycles. The van der Waals surface area contributed by atoms with E-state index >= 15 is 0 Å². The largest absolute Gasteiger partial charge is 0.486 e. The predicted molar refractivity (Wildman–Crippen MR) is 201 cm³/mol. The summed E-state index contributed by atoms with van der Waals surface area (Å²) < 4.78 is 6.04. The smallest absolute Gasteiger partial charge is 0.216 e. The molecule has 0 atom stereocenters. The summed E-state index contributed by atoms with van der Waals surface area (Å²) in [6, 6.07) is 27.6. The average molecular weight is 832 g/mol. The van der Waals surface area contributed by atoms with E-state index in [0.717, 1.165) is 51.0 Å². The molecule has 0 unspecified atom stereocenters. The van der Waals surface area contributed by atoms with E-state index in [1.165, 1.54) is 21.9 Å². The number of benzene rings is 2. The van der Waals surface area contributed by atoms with Crippen molar-refractivity contribution in [2.45, 2.75) is 92.8 Å². The molecule has 6 aromatic rings. The minimum absolute atomic E-state index is 0. The van der Waals surface area contributed by atoms with Crippen LogP contribution in [0.15, 0.2) is 77.5 Å². The predicted octanol–water partition coefficient (Wildman–Crippen LogP) is 10.9. The number of fused-ring (bicyclic) bond motifs is 3. The number of aryl methyl sites for hydroxylation is 1. The third-order valence-electron chi connectivity index (χ3n) is 8.51. The van der Waals surface area contributed by atoms with Crippen LogP contribution in [0.4, 0.5) is 0 Å². The van der Waals surface area contributed by atoms with E-state index in [-0.39, 0.29) is 25.5 Å². The number of furan rings is 1. The van der Waals surface area contributed by atoms with Gasteiger partial charge in [0, 0.05) is 43.6 Å². The molecule has 0 fully saturated rings. The van der Waals surface area contributed by atoms with Gasteiger partial charge in [-0.1, -0.05) is 102 Å². The Labute approximate surface area is 302 Å². The van der Waals surface area contributed by atoms with Gasteiger partial charge in [0.15, 0.2) is 0 Å². The molecule has 0 amide bonds. The van der Waals surface area contributed by atoms with Crippen LogP contribution in [0.3, 0.4) is 0 Å². The van der Waals surface area contributed by atoms with Crippen molar-refractivity contribution in [2.24, 2.45) is 5.92 Å². The van der Waals surface area contributed by atoms with Crippen LogP contribution in [0.1, 0.15) is 76.8 Å². The Balaban J connectivity index is 0.000000212. The molecule has 0 saturated carbocycles. The Morgan fingerprint density at radius 3 is 2.23 bits per heavy atom. The second-order valence-corrected chi connectivity index (χ2v) is 20.5. The van der Waals surface area contributed by atoms with Gasteiger partial charge in [0.1, 0.15) is 0 Å². The maximum absolute atomic E-state index is 6.04. The van der Waals surface area contributed by atoms with Crippen molar-refractivity contribution in [3.63, 3.8) is 0 Å². The molecule has 0 bridgehead atoms. The normalized spacial score (nSPS) is 11.9. The third kappa shape index (κ3) is 8.58. The van der Waals surface area contributed by atoms with E-state index in [0.29, 0.717) is 17.5 Å². The summed E-state index contributed by atoms with van der Waals surface area (Å²) in [5, 5.41) is 3.57. The van der Waals surface area contributed by atoms with Crippen molar-refractivity contribution in [3.8, 4) is 22.5 Å². The quantitative estimate of drug-likeness (QED) is 0.124. The van der Waals surface area contributed by atoms with Crippen molar-refractivity contribution in [3.05, 3.63) is 108 Å². The van der Waals surface area contributed by atoms with E-state index in [2.05, 4.69) is 133 Å². The van der Waals surface area contributed by atoms with Gasteiger partial charge in [-0.3, -0.25) is 0 Å². The molecule has 0 aliphatic rings. The van der Waals surface area contributed by atoms with Gasteiger partial charge in [-0.15, -0.1) is 53.6 Å². The zero-order chi connectivity index (χ0) is 34.1. The molecule has 4 heterocycles. The number of hydrogen-bond donors (Lipinski definition) is 0. The van der Waals surface area contributed by atoms with Crippen LogP contribution in [0.25, 0.3) is 44.6 Å². The minimum atomic E-state index is -1.38. The standard InChI is InChI=1S/C22H32NSi.C20H17N2O.Ir/c1-16(2)12-18-14-20(23-15-21(18)24(6,7)8)17-10-9-11-19(13-17)22(3,4)5;1-12(2)14-9-10-21-18(11-14)17-6-4-5-15-16-8-7-13(3)22-20(16)23-19(15)17;/h9,11,13-16H,12H2,1-8H3;4-5,7-12H,1-3H3;/q2*-1;. The van der Waals surface area contributed by atoms with Crippen molar-refractivity contribution in [1.29, 1.82) is 0 Å². The fourth-order valence-corrected chi connectivity index (χ4v) is 7.45. The van der Waals surface area contributed by atoms with E-state index in [1.807, 2.05) is 37.4 Å². The van der Waals surface area contributed by atoms with Crippen molar-refractivity contribution in [2.75, 3.05) is 0 Å². The van der Waals surface area contributed by atoms with Crippen LogP contribution in [-0.4, -0.2) is 23.0 Å². The summed E-state index contributed by atoms with van der Waals surface area (Å²) in [7, 11) is -1.38. The molecule has 1 radical (unpaired) electrons. The Morgan fingerprint density at radius 2 is 1.56 bits per heavy atom. The summed E-state index contributed by atoms with van der Waals surface area (Å²) >= 11 is 0. The van der Waals surface area contributed by atoms with Gasteiger partial charge in [-0.25, -0.2) is 4.98 Å². The number of pyridine rings is 3. The Bertz CT molecular complexity index is 2010. The first-order valence-electron chi connectivity index (χ1n) is 16.8. The van der Waals surface area contributed by atoms with Gasteiger partial charge >= 0.3 is 0 Å². The SMILES string of the molecule is CC(C)Cc1cc(-c2[c-]ccc(C(C)(C)C)c2)ncc1[Si](C)(C)C.Cc1ccc2c(n1)oc1c(-c3cc(C(C)C)ccn3)[c-]ccc12.[Ir]. The molecule has 0 aliphatic heterocycles. The maximum atomic E-state index is 6.04. The molecule has 0 N–H and O–H groups in total. The number of rotatable bonds is 6. The molecule has 253 valence electrons. The van der Waals surface area contributed by atoms with Crippen molar-refractivity contribution < 1.29 is 24.5 Å². The van der Waals surface area contributed by atoms with E-state index in [9.17, 15) is 0 Å². The minimum Gasteiger partial charge on any atom is -0.486 e. The molecule has 4 nitrogen and oxygen atoms in total. The van der Waals surface area contributed by atoms with E-state index in [1.54, 1.807) is 0 Å². The number of hydrogen-bond acceptors (Lipinski definition) is 4. The first-order chi connectivity index (χ1) is 22.1. The summed E-state index contributed by atoms with van der Waals surface area (Å²) in [4.78, 5) is 13.8. The van der Waals surface area contributed by atoms with Gasteiger partial charge in [-0.2, -0.15) is 0 Å². The van der Waals surface area contributed by atoms with Gasteiger partial charge in [0.25, 0.3) is 0 Å². The maximum Gasteiger partial charge on any atom is 0.216 e. The first-order valence-corrected chi connectivity index (χ1v) is 20.3. The monoisotopic (exact) mass is 832 g/mol. The summed E-state index contributed by atoms with van der Waals surface area (Å²) in [6.45, 7) is 24.9. The zero-order valence-corrected chi connectivity index (χ0v) is 33.8. The summed E-state index contributed by atoms with van der Waals surface area (Å²) in [5.74, 6) is 1.11. The summed E-state index contributed by atoms with van der Waals surface area (Å²) in [5.41, 5.74) is 10.6. The van der Waals surface area contributed by atoms with Crippen LogP contribution in [0.5, 0.6) is 0 Å². The van der Waals surface area contributed by atoms with Gasteiger partial charge in [0.05, 0.1) is 13.7 Å². The Kier molecular flexibility index (Phi) is 11.7. The van der Waals surface area contributed by atoms with Crippen molar-refractivity contribution in [1.82, 2.24) is 15.0 Å². The molecule has 48 heavy (non-hydrogen) atoms. The second kappa shape index (κ2) is 15.0. The third-order valence-corrected chi connectivity index (χ3v) is 10.6. The van der Waals surface area contributed by atoms with Crippen LogP contribution >= 0.6 is 0 Å². The van der Waals surface area contributed by atoms with Gasteiger partial charge in [0.2, 0.25) is 5.71 Å². The topological polar surface area (TPSA) is 51.8 Å². The first kappa shape index (κ1) is 37.4.